The minimum atomic E-state index is -0.382. The van der Waals surface area contributed by atoms with E-state index in [0.717, 1.165) is 29.7 Å². The zero-order valence-electron chi connectivity index (χ0n) is 8.88. The van der Waals surface area contributed by atoms with Gasteiger partial charge in [0.2, 0.25) is 0 Å². The molecule has 0 saturated heterocycles. The molecule has 0 fully saturated rings. The standard InChI is InChI=1S/C11H11N3O2/c1-7-2-5-11-12-9-6-8(14(15)16)3-4-10(9)13(7)11/h3-4,6-7H,2,5H2,1H3. The predicted molar refractivity (Wildman–Crippen MR) is 59.4 cm³/mol. The number of nitrogens with zero attached hydrogens (tertiary/aromatic N) is 3. The number of hydrogen-bond acceptors (Lipinski definition) is 3. The van der Waals surface area contributed by atoms with Crippen LogP contribution in [-0.4, -0.2) is 14.5 Å². The van der Waals surface area contributed by atoms with Gasteiger partial charge in [-0.05, 0) is 19.4 Å². The number of rotatable bonds is 1. The second-order valence-corrected chi connectivity index (χ2v) is 4.22. The first kappa shape index (κ1) is 9.33. The van der Waals surface area contributed by atoms with Crippen LogP contribution >= 0.6 is 0 Å². The zero-order valence-corrected chi connectivity index (χ0v) is 8.88. The number of aryl methyl sites for hydroxylation is 1. The molecule has 0 N–H and O–H groups in total. The van der Waals surface area contributed by atoms with Crippen molar-refractivity contribution in [3.63, 3.8) is 0 Å². The van der Waals surface area contributed by atoms with Crippen LogP contribution < -0.4 is 0 Å². The first-order valence-corrected chi connectivity index (χ1v) is 5.32. The Bertz CT molecular complexity index is 588. The molecule has 1 aromatic heterocycles. The molecule has 5 heteroatoms. The number of nitro groups is 1. The van der Waals surface area contributed by atoms with Crippen molar-refractivity contribution >= 4 is 16.7 Å². The van der Waals surface area contributed by atoms with Crippen molar-refractivity contribution < 1.29 is 4.92 Å². The summed E-state index contributed by atoms with van der Waals surface area (Å²) in [4.78, 5) is 14.7. The molecule has 1 aliphatic rings. The van der Waals surface area contributed by atoms with E-state index in [-0.39, 0.29) is 10.6 Å². The summed E-state index contributed by atoms with van der Waals surface area (Å²) >= 11 is 0. The number of fused-ring (bicyclic) bond motifs is 3. The first-order chi connectivity index (χ1) is 7.66. The average molecular weight is 217 g/mol. The first-order valence-electron chi connectivity index (χ1n) is 5.32. The van der Waals surface area contributed by atoms with Gasteiger partial charge in [0.25, 0.3) is 5.69 Å². The maximum absolute atomic E-state index is 10.7. The second kappa shape index (κ2) is 3.04. The highest BCUT2D eigenvalue weighted by molar-refractivity contribution is 5.79. The monoisotopic (exact) mass is 217 g/mol. The fraction of sp³-hybridized carbons (Fsp3) is 0.364. The molecular weight excluding hydrogens is 206 g/mol. The fourth-order valence-electron chi connectivity index (χ4n) is 2.39. The Kier molecular flexibility index (Phi) is 1.77. The second-order valence-electron chi connectivity index (χ2n) is 4.22. The van der Waals surface area contributed by atoms with Gasteiger partial charge >= 0.3 is 0 Å². The van der Waals surface area contributed by atoms with Gasteiger partial charge in [-0.25, -0.2) is 4.98 Å². The van der Waals surface area contributed by atoms with Crippen LogP contribution in [0.1, 0.15) is 25.2 Å². The lowest BCUT2D eigenvalue weighted by Gasteiger charge is -2.06. The molecule has 1 aliphatic heterocycles. The Balaban J connectivity index is 2.26. The highest BCUT2D eigenvalue weighted by Gasteiger charge is 2.23. The van der Waals surface area contributed by atoms with Gasteiger partial charge in [-0.3, -0.25) is 10.1 Å². The van der Waals surface area contributed by atoms with Gasteiger partial charge in [0, 0.05) is 24.6 Å². The summed E-state index contributed by atoms with van der Waals surface area (Å²) in [5.74, 6) is 1.04. The van der Waals surface area contributed by atoms with Gasteiger partial charge in [-0.15, -0.1) is 0 Å². The summed E-state index contributed by atoms with van der Waals surface area (Å²) in [6, 6.07) is 5.34. The molecule has 1 unspecified atom stereocenters. The molecule has 2 aromatic rings. The summed E-state index contributed by atoms with van der Waals surface area (Å²) in [6.07, 6.45) is 2.07. The predicted octanol–water partition coefficient (Wildman–Crippen LogP) is 2.45. The topological polar surface area (TPSA) is 61.0 Å². The lowest BCUT2D eigenvalue weighted by Crippen LogP contribution is -1.98. The Morgan fingerprint density at radius 1 is 1.56 bits per heavy atom. The number of benzene rings is 1. The number of nitro benzene ring substituents is 1. The van der Waals surface area contributed by atoms with Crippen molar-refractivity contribution in [2.24, 2.45) is 0 Å². The van der Waals surface area contributed by atoms with E-state index in [2.05, 4.69) is 16.5 Å². The highest BCUT2D eigenvalue weighted by atomic mass is 16.6. The van der Waals surface area contributed by atoms with Crippen LogP contribution in [0.15, 0.2) is 18.2 Å². The van der Waals surface area contributed by atoms with Gasteiger partial charge in [-0.2, -0.15) is 0 Å². The average Bonchev–Trinajstić information content (AvgIpc) is 2.77. The largest absolute Gasteiger partial charge is 0.325 e. The Morgan fingerprint density at radius 2 is 2.38 bits per heavy atom. The molecule has 82 valence electrons. The summed E-state index contributed by atoms with van der Waals surface area (Å²) < 4.78 is 2.18. The summed E-state index contributed by atoms with van der Waals surface area (Å²) in [6.45, 7) is 2.15. The number of imidazole rings is 1. The Morgan fingerprint density at radius 3 is 3.12 bits per heavy atom. The summed E-state index contributed by atoms with van der Waals surface area (Å²) in [5, 5.41) is 10.7. The molecule has 0 radical (unpaired) electrons. The van der Waals surface area contributed by atoms with Crippen LogP contribution in [0.4, 0.5) is 5.69 Å². The number of hydrogen-bond donors (Lipinski definition) is 0. The quantitative estimate of drug-likeness (QED) is 0.544. The fourth-order valence-corrected chi connectivity index (χ4v) is 2.39. The van der Waals surface area contributed by atoms with Gasteiger partial charge in [0.1, 0.15) is 5.82 Å². The van der Waals surface area contributed by atoms with E-state index in [0.29, 0.717) is 6.04 Å². The van der Waals surface area contributed by atoms with Crippen molar-refractivity contribution in [2.75, 3.05) is 0 Å². The molecule has 1 aromatic carbocycles. The van der Waals surface area contributed by atoms with Crippen LogP contribution in [0.3, 0.4) is 0 Å². The van der Waals surface area contributed by atoms with Crippen molar-refractivity contribution in [3.8, 4) is 0 Å². The Hall–Kier alpha value is -1.91. The van der Waals surface area contributed by atoms with Gasteiger partial charge in [-0.1, -0.05) is 0 Å². The highest BCUT2D eigenvalue weighted by Crippen LogP contribution is 2.31. The van der Waals surface area contributed by atoms with Crippen molar-refractivity contribution in [3.05, 3.63) is 34.1 Å². The molecule has 0 bridgehead atoms. The van der Waals surface area contributed by atoms with E-state index in [9.17, 15) is 10.1 Å². The minimum Gasteiger partial charge on any atom is -0.325 e. The third-order valence-electron chi connectivity index (χ3n) is 3.18. The Labute approximate surface area is 91.9 Å². The van der Waals surface area contributed by atoms with E-state index < -0.39 is 0 Å². The molecule has 1 atom stereocenters. The lowest BCUT2D eigenvalue weighted by atomic mass is 10.2. The lowest BCUT2D eigenvalue weighted by molar-refractivity contribution is -0.384. The van der Waals surface area contributed by atoms with Crippen LogP contribution in [0.25, 0.3) is 11.0 Å². The van der Waals surface area contributed by atoms with Crippen LogP contribution in [0.2, 0.25) is 0 Å². The maximum Gasteiger partial charge on any atom is 0.271 e. The number of aromatic nitrogens is 2. The summed E-state index contributed by atoms with van der Waals surface area (Å²) in [5.41, 5.74) is 1.85. The van der Waals surface area contributed by atoms with E-state index in [1.165, 1.54) is 0 Å². The summed E-state index contributed by atoms with van der Waals surface area (Å²) in [7, 11) is 0. The molecule has 2 heterocycles. The van der Waals surface area contributed by atoms with Gasteiger partial charge in [0.15, 0.2) is 0 Å². The third-order valence-corrected chi connectivity index (χ3v) is 3.18. The molecule has 0 saturated carbocycles. The molecule has 3 rings (SSSR count). The normalized spacial score (nSPS) is 18.9. The van der Waals surface area contributed by atoms with Crippen molar-refractivity contribution in [1.29, 1.82) is 0 Å². The molecule has 5 nitrogen and oxygen atoms in total. The van der Waals surface area contributed by atoms with Crippen LogP contribution in [0.5, 0.6) is 0 Å². The molecule has 0 amide bonds. The van der Waals surface area contributed by atoms with Crippen LogP contribution in [-0.2, 0) is 6.42 Å². The van der Waals surface area contributed by atoms with E-state index in [1.807, 2.05) is 0 Å². The third kappa shape index (κ3) is 1.14. The number of non-ortho nitro benzene ring substituents is 1. The molecular formula is C11H11N3O2. The SMILES string of the molecule is CC1CCc2nc3cc([N+](=O)[O-])ccc3n21. The maximum atomic E-state index is 10.7. The molecule has 0 aliphatic carbocycles. The molecule has 0 spiro atoms. The van der Waals surface area contributed by atoms with Crippen molar-refractivity contribution in [1.82, 2.24) is 9.55 Å². The van der Waals surface area contributed by atoms with E-state index in [4.69, 9.17) is 0 Å². The van der Waals surface area contributed by atoms with Gasteiger partial charge in [0.05, 0.1) is 16.0 Å². The van der Waals surface area contributed by atoms with Crippen molar-refractivity contribution in [2.45, 2.75) is 25.8 Å². The zero-order chi connectivity index (χ0) is 11.3. The smallest absolute Gasteiger partial charge is 0.271 e. The van der Waals surface area contributed by atoms with E-state index in [1.54, 1.807) is 18.2 Å². The van der Waals surface area contributed by atoms with E-state index >= 15 is 0 Å². The molecule has 16 heavy (non-hydrogen) atoms. The van der Waals surface area contributed by atoms with Gasteiger partial charge < -0.3 is 4.57 Å². The minimum absolute atomic E-state index is 0.108. The van der Waals surface area contributed by atoms with Crippen LogP contribution in [0, 0.1) is 10.1 Å².